The largest absolute Gasteiger partial charge is 0.381 e. The second kappa shape index (κ2) is 15.3. The van der Waals surface area contributed by atoms with E-state index in [2.05, 4.69) is 15.6 Å². The van der Waals surface area contributed by atoms with Gasteiger partial charge in [0, 0.05) is 46.3 Å². The fraction of sp³-hybridized carbons (Fsp3) is 0.900. The molecule has 2 rings (SSSR count). The van der Waals surface area contributed by atoms with Crippen LogP contribution in [0.4, 0.5) is 0 Å². The topological polar surface area (TPSA) is 75.2 Å². The van der Waals surface area contributed by atoms with E-state index in [4.69, 9.17) is 9.47 Å². The summed E-state index contributed by atoms with van der Waals surface area (Å²) < 4.78 is 11.1. The highest BCUT2D eigenvalue weighted by molar-refractivity contribution is 14.0. The molecule has 2 aliphatic rings. The first kappa shape index (κ1) is 25.4. The summed E-state index contributed by atoms with van der Waals surface area (Å²) in [7, 11) is 3.51. The molecule has 1 saturated carbocycles. The maximum Gasteiger partial charge on any atom is 0.243 e. The van der Waals surface area contributed by atoms with Crippen molar-refractivity contribution in [2.45, 2.75) is 44.9 Å². The van der Waals surface area contributed by atoms with E-state index in [1.54, 1.807) is 19.0 Å². The summed E-state index contributed by atoms with van der Waals surface area (Å²) in [6.45, 7) is 5.11. The Bertz CT molecular complexity index is 451. The molecule has 0 aromatic heterocycles. The van der Waals surface area contributed by atoms with Crippen LogP contribution < -0.4 is 10.6 Å². The van der Waals surface area contributed by atoms with Crippen molar-refractivity contribution < 1.29 is 14.3 Å². The standard InChI is InChI=1S/C20H38N4O3.HI/c1-24(2)19(25)14-23-20(22-13-17-7-4-3-5-8-17)21-10-6-11-26-15-18-9-12-27-16-18;/h17-18H,3-16H2,1-2H3,(H2,21,22,23);1H. The molecule has 2 fully saturated rings. The van der Waals surface area contributed by atoms with Crippen LogP contribution >= 0.6 is 24.0 Å². The molecule has 2 N–H and O–H groups in total. The van der Waals surface area contributed by atoms with Crippen molar-refractivity contribution in [1.82, 2.24) is 15.5 Å². The minimum absolute atomic E-state index is 0. The molecule has 8 heteroatoms. The van der Waals surface area contributed by atoms with Crippen molar-refractivity contribution in [2.24, 2.45) is 16.8 Å². The van der Waals surface area contributed by atoms with Crippen LogP contribution in [0.1, 0.15) is 44.9 Å². The fourth-order valence-electron chi connectivity index (χ4n) is 3.44. The van der Waals surface area contributed by atoms with Gasteiger partial charge < -0.3 is 25.0 Å². The molecular formula is C20H39IN4O3. The number of amides is 1. The summed E-state index contributed by atoms with van der Waals surface area (Å²) in [6.07, 6.45) is 8.62. The Morgan fingerprint density at radius 3 is 2.61 bits per heavy atom. The first-order valence-electron chi connectivity index (χ1n) is 10.5. The SMILES string of the molecule is CN(C)C(=O)CN=C(NCCCOCC1CCOC1)NCC1CCCCC1.I. The third kappa shape index (κ3) is 10.8. The van der Waals surface area contributed by atoms with Gasteiger partial charge in [-0.1, -0.05) is 19.3 Å². The van der Waals surface area contributed by atoms with Gasteiger partial charge in [0.15, 0.2) is 5.96 Å². The second-order valence-corrected chi connectivity index (χ2v) is 7.92. The average Bonchev–Trinajstić information content (AvgIpc) is 3.20. The van der Waals surface area contributed by atoms with Gasteiger partial charge in [-0.2, -0.15) is 0 Å². The van der Waals surface area contributed by atoms with Crippen LogP contribution in [0.15, 0.2) is 4.99 Å². The normalized spacial score (nSPS) is 20.5. The van der Waals surface area contributed by atoms with Crippen molar-refractivity contribution in [3.63, 3.8) is 0 Å². The van der Waals surface area contributed by atoms with Gasteiger partial charge in [-0.15, -0.1) is 24.0 Å². The number of rotatable bonds is 10. The quantitative estimate of drug-likeness (QED) is 0.204. The Hall–Kier alpha value is -0.610. The summed E-state index contributed by atoms with van der Waals surface area (Å²) in [4.78, 5) is 17.9. The monoisotopic (exact) mass is 510 g/mol. The zero-order valence-corrected chi connectivity index (χ0v) is 19.9. The van der Waals surface area contributed by atoms with E-state index in [0.717, 1.165) is 58.3 Å². The molecule has 1 saturated heterocycles. The molecule has 1 aliphatic heterocycles. The molecule has 1 atom stereocenters. The number of carbonyl (C=O) groups is 1. The van der Waals surface area contributed by atoms with E-state index in [1.807, 2.05) is 0 Å². The molecule has 1 heterocycles. The smallest absolute Gasteiger partial charge is 0.243 e. The van der Waals surface area contributed by atoms with Crippen molar-refractivity contribution in [3.8, 4) is 0 Å². The van der Waals surface area contributed by atoms with Crippen molar-refractivity contribution in [2.75, 3.05) is 60.2 Å². The van der Waals surface area contributed by atoms with Crippen LogP contribution in [0.2, 0.25) is 0 Å². The molecule has 1 amide bonds. The Kier molecular flexibility index (Phi) is 13.9. The van der Waals surface area contributed by atoms with Crippen molar-refractivity contribution in [3.05, 3.63) is 0 Å². The number of nitrogens with one attached hydrogen (secondary N) is 2. The first-order chi connectivity index (χ1) is 13.1. The van der Waals surface area contributed by atoms with Crippen LogP contribution in [0, 0.1) is 11.8 Å². The zero-order chi connectivity index (χ0) is 19.3. The molecule has 0 aromatic carbocycles. The predicted octanol–water partition coefficient (Wildman–Crippen LogP) is 2.25. The van der Waals surface area contributed by atoms with Crippen molar-refractivity contribution in [1.29, 1.82) is 0 Å². The molecule has 164 valence electrons. The summed E-state index contributed by atoms with van der Waals surface area (Å²) in [5.41, 5.74) is 0. The number of hydrogen-bond acceptors (Lipinski definition) is 4. The van der Waals surface area contributed by atoms with Gasteiger partial charge in [0.1, 0.15) is 6.54 Å². The molecule has 1 unspecified atom stereocenters. The molecule has 0 radical (unpaired) electrons. The molecule has 0 spiro atoms. The van der Waals surface area contributed by atoms with E-state index in [-0.39, 0.29) is 36.4 Å². The number of hydrogen-bond donors (Lipinski definition) is 2. The van der Waals surface area contributed by atoms with Crippen molar-refractivity contribution >= 4 is 35.8 Å². The van der Waals surface area contributed by atoms with Crippen LogP contribution in [0.5, 0.6) is 0 Å². The van der Waals surface area contributed by atoms with Crippen LogP contribution in [0.25, 0.3) is 0 Å². The molecule has 0 bridgehead atoms. The zero-order valence-electron chi connectivity index (χ0n) is 17.6. The fourth-order valence-corrected chi connectivity index (χ4v) is 3.44. The van der Waals surface area contributed by atoms with E-state index in [9.17, 15) is 4.79 Å². The van der Waals surface area contributed by atoms with Gasteiger partial charge in [-0.25, -0.2) is 4.99 Å². The lowest BCUT2D eigenvalue weighted by atomic mass is 9.89. The Morgan fingerprint density at radius 1 is 1.14 bits per heavy atom. The van der Waals surface area contributed by atoms with Gasteiger partial charge in [0.05, 0.1) is 13.2 Å². The Morgan fingerprint density at radius 2 is 1.93 bits per heavy atom. The lowest BCUT2D eigenvalue weighted by Crippen LogP contribution is -2.41. The van der Waals surface area contributed by atoms with E-state index in [0.29, 0.717) is 11.8 Å². The van der Waals surface area contributed by atoms with Gasteiger partial charge in [-0.05, 0) is 31.6 Å². The first-order valence-corrected chi connectivity index (χ1v) is 10.5. The lowest BCUT2D eigenvalue weighted by Gasteiger charge is -2.23. The third-order valence-corrected chi connectivity index (χ3v) is 5.29. The number of guanidine groups is 1. The number of halogens is 1. The summed E-state index contributed by atoms with van der Waals surface area (Å²) >= 11 is 0. The number of ether oxygens (including phenoxy) is 2. The third-order valence-electron chi connectivity index (χ3n) is 5.29. The number of aliphatic imine (C=N–C) groups is 1. The van der Waals surface area contributed by atoms with Gasteiger partial charge in [-0.3, -0.25) is 4.79 Å². The highest BCUT2D eigenvalue weighted by Gasteiger charge is 2.15. The van der Waals surface area contributed by atoms with E-state index >= 15 is 0 Å². The van der Waals surface area contributed by atoms with Gasteiger partial charge in [0.2, 0.25) is 5.91 Å². The molecule has 7 nitrogen and oxygen atoms in total. The maximum atomic E-state index is 11.8. The Balaban J connectivity index is 0.00000392. The highest BCUT2D eigenvalue weighted by Crippen LogP contribution is 2.22. The summed E-state index contributed by atoms with van der Waals surface area (Å²) in [5, 5.41) is 6.78. The minimum atomic E-state index is 0. The van der Waals surface area contributed by atoms with Gasteiger partial charge in [0.25, 0.3) is 0 Å². The average molecular weight is 510 g/mol. The number of nitrogens with zero attached hydrogens (tertiary/aromatic N) is 2. The minimum Gasteiger partial charge on any atom is -0.381 e. The molecule has 28 heavy (non-hydrogen) atoms. The molecule has 1 aliphatic carbocycles. The van der Waals surface area contributed by atoms with E-state index < -0.39 is 0 Å². The van der Waals surface area contributed by atoms with Crippen LogP contribution in [-0.4, -0.2) is 76.9 Å². The molecular weight excluding hydrogens is 471 g/mol. The van der Waals surface area contributed by atoms with Crippen LogP contribution in [-0.2, 0) is 14.3 Å². The van der Waals surface area contributed by atoms with Gasteiger partial charge >= 0.3 is 0 Å². The second-order valence-electron chi connectivity index (χ2n) is 7.92. The van der Waals surface area contributed by atoms with E-state index in [1.165, 1.54) is 32.1 Å². The predicted molar refractivity (Wildman–Crippen MR) is 123 cm³/mol. The van der Waals surface area contributed by atoms with Crippen LogP contribution in [0.3, 0.4) is 0 Å². The molecule has 0 aromatic rings. The summed E-state index contributed by atoms with van der Waals surface area (Å²) in [6, 6.07) is 0. The summed E-state index contributed by atoms with van der Waals surface area (Å²) in [5.74, 6) is 2.02. The Labute approximate surface area is 187 Å². The lowest BCUT2D eigenvalue weighted by molar-refractivity contribution is -0.127. The highest BCUT2D eigenvalue weighted by atomic mass is 127. The maximum absolute atomic E-state index is 11.8. The number of carbonyl (C=O) groups excluding carboxylic acids is 1. The number of likely N-dealkylation sites (N-methyl/N-ethyl adjacent to an activating group) is 1.